The number of hydrogen-bond donors (Lipinski definition) is 1. The Morgan fingerprint density at radius 3 is 2.67 bits per heavy atom. The maximum atomic E-state index is 12.7. The number of carbonyl (C=O) groups is 2. The van der Waals surface area contributed by atoms with Crippen LogP contribution in [-0.4, -0.2) is 45.8 Å². The highest BCUT2D eigenvalue weighted by molar-refractivity contribution is 8.26. The molecule has 0 aliphatic carbocycles. The normalized spacial score (nSPS) is 15.6. The molecule has 5 nitrogen and oxygen atoms in total. The first kappa shape index (κ1) is 19.8. The van der Waals surface area contributed by atoms with Crippen LogP contribution < -0.4 is 4.90 Å². The first-order valence-electron chi connectivity index (χ1n) is 8.35. The monoisotopic (exact) mass is 418 g/mol. The second-order valence-electron chi connectivity index (χ2n) is 5.70. The van der Waals surface area contributed by atoms with Crippen molar-refractivity contribution in [1.29, 1.82) is 0 Å². The summed E-state index contributed by atoms with van der Waals surface area (Å²) in [6, 6.07) is 13.0. The number of amides is 2. The van der Waals surface area contributed by atoms with Crippen LogP contribution in [0.25, 0.3) is 6.08 Å². The smallest absolute Gasteiger partial charge is 0.266 e. The van der Waals surface area contributed by atoms with Gasteiger partial charge in [-0.15, -0.1) is 11.3 Å². The Morgan fingerprint density at radius 2 is 2.00 bits per heavy atom. The molecule has 27 heavy (non-hydrogen) atoms. The summed E-state index contributed by atoms with van der Waals surface area (Å²) in [4.78, 5) is 29.8. The molecule has 0 bridgehead atoms. The molecule has 1 saturated heterocycles. The van der Waals surface area contributed by atoms with Gasteiger partial charge < -0.3 is 10.0 Å². The standard InChI is InChI=1S/C19H18N2O3S3/c22-11-10-20(14-5-2-1-3-6-14)17(23)8-9-21-18(24)16(27-19(21)25)13-15-7-4-12-26-15/h1-7,12-13,22H,8-11H2/b16-13-. The molecular weight excluding hydrogens is 400 g/mol. The van der Waals surface area contributed by atoms with Crippen LogP contribution in [0.3, 0.4) is 0 Å². The van der Waals surface area contributed by atoms with Gasteiger partial charge >= 0.3 is 0 Å². The lowest BCUT2D eigenvalue weighted by Crippen LogP contribution is -2.37. The molecule has 0 atom stereocenters. The Kier molecular flexibility index (Phi) is 6.78. The van der Waals surface area contributed by atoms with Crippen LogP contribution in [0.1, 0.15) is 11.3 Å². The summed E-state index contributed by atoms with van der Waals surface area (Å²) in [5, 5.41) is 11.2. The Morgan fingerprint density at radius 1 is 1.22 bits per heavy atom. The molecule has 1 aromatic carbocycles. The predicted octanol–water partition coefficient (Wildman–Crippen LogP) is 3.36. The van der Waals surface area contributed by atoms with Gasteiger partial charge in [0.1, 0.15) is 4.32 Å². The van der Waals surface area contributed by atoms with Gasteiger partial charge in [0.05, 0.1) is 11.5 Å². The SMILES string of the molecule is O=C1/C(=C/c2cccs2)SC(=S)N1CCC(=O)N(CCO)c1ccccc1. The number of nitrogens with zero attached hydrogens (tertiary/aromatic N) is 2. The molecular formula is C19H18N2O3S3. The maximum Gasteiger partial charge on any atom is 0.266 e. The number of thiophene rings is 1. The molecule has 3 rings (SSSR count). The van der Waals surface area contributed by atoms with E-state index < -0.39 is 0 Å². The fourth-order valence-electron chi connectivity index (χ4n) is 2.64. The predicted molar refractivity (Wildman–Crippen MR) is 115 cm³/mol. The summed E-state index contributed by atoms with van der Waals surface area (Å²) in [6.07, 6.45) is 1.96. The van der Waals surface area contributed by atoms with E-state index in [1.165, 1.54) is 21.6 Å². The minimum atomic E-state index is -0.167. The molecule has 0 spiro atoms. The number of anilines is 1. The summed E-state index contributed by atoms with van der Waals surface area (Å²) in [5.74, 6) is -0.328. The van der Waals surface area contributed by atoms with Crippen LogP contribution in [0.15, 0.2) is 52.7 Å². The van der Waals surface area contributed by atoms with Crippen molar-refractivity contribution in [2.45, 2.75) is 6.42 Å². The number of aliphatic hydroxyl groups is 1. The van der Waals surface area contributed by atoms with Crippen molar-refractivity contribution in [3.05, 3.63) is 57.6 Å². The van der Waals surface area contributed by atoms with Crippen molar-refractivity contribution in [1.82, 2.24) is 4.90 Å². The van der Waals surface area contributed by atoms with E-state index in [0.29, 0.717) is 9.23 Å². The van der Waals surface area contributed by atoms with Crippen LogP contribution >= 0.6 is 35.3 Å². The molecule has 1 aliphatic rings. The minimum Gasteiger partial charge on any atom is -0.395 e. The van der Waals surface area contributed by atoms with Gasteiger partial charge in [-0.3, -0.25) is 14.5 Å². The molecule has 2 aromatic rings. The highest BCUT2D eigenvalue weighted by Crippen LogP contribution is 2.33. The van der Waals surface area contributed by atoms with Crippen LogP contribution in [0.5, 0.6) is 0 Å². The van der Waals surface area contributed by atoms with Gasteiger partial charge in [0.2, 0.25) is 5.91 Å². The Hall–Kier alpha value is -2.00. The number of benzene rings is 1. The van der Waals surface area contributed by atoms with Gasteiger partial charge in [-0.1, -0.05) is 48.2 Å². The van der Waals surface area contributed by atoms with E-state index in [9.17, 15) is 14.7 Å². The van der Waals surface area contributed by atoms with Crippen LogP contribution in [0.2, 0.25) is 0 Å². The Bertz CT molecular complexity index is 850. The highest BCUT2D eigenvalue weighted by atomic mass is 32.2. The van der Waals surface area contributed by atoms with Crippen molar-refractivity contribution >= 4 is 63.2 Å². The number of aliphatic hydroxyl groups excluding tert-OH is 1. The van der Waals surface area contributed by atoms with Crippen LogP contribution in [-0.2, 0) is 9.59 Å². The molecule has 2 heterocycles. The summed E-state index contributed by atoms with van der Waals surface area (Å²) >= 11 is 8.13. The second kappa shape index (κ2) is 9.27. The largest absolute Gasteiger partial charge is 0.395 e. The van der Waals surface area contributed by atoms with Crippen molar-refractivity contribution in [2.24, 2.45) is 0 Å². The lowest BCUT2D eigenvalue weighted by molar-refractivity contribution is -0.123. The number of hydrogen-bond acceptors (Lipinski definition) is 6. The van der Waals surface area contributed by atoms with Crippen molar-refractivity contribution in [3.63, 3.8) is 0 Å². The van der Waals surface area contributed by atoms with E-state index in [1.807, 2.05) is 53.9 Å². The van der Waals surface area contributed by atoms with Crippen LogP contribution in [0, 0.1) is 0 Å². The minimum absolute atomic E-state index is 0.133. The fraction of sp³-hybridized carbons (Fsp3) is 0.211. The van der Waals surface area contributed by atoms with E-state index in [2.05, 4.69) is 0 Å². The topological polar surface area (TPSA) is 60.9 Å². The van der Waals surface area contributed by atoms with Gasteiger partial charge in [0, 0.05) is 30.1 Å². The van der Waals surface area contributed by atoms with Crippen molar-refractivity contribution < 1.29 is 14.7 Å². The van der Waals surface area contributed by atoms with Gasteiger partial charge in [-0.05, 0) is 29.7 Å². The number of thioether (sulfide) groups is 1. The third-order valence-corrected chi connectivity index (χ3v) is 6.13. The zero-order valence-corrected chi connectivity index (χ0v) is 16.9. The molecule has 8 heteroatoms. The molecule has 0 unspecified atom stereocenters. The van der Waals surface area contributed by atoms with Gasteiger partial charge in [-0.2, -0.15) is 0 Å². The quantitative estimate of drug-likeness (QED) is 0.552. The molecule has 140 valence electrons. The van der Waals surface area contributed by atoms with Crippen molar-refractivity contribution in [3.8, 4) is 0 Å². The first-order valence-corrected chi connectivity index (χ1v) is 10.5. The average Bonchev–Trinajstić information content (AvgIpc) is 3.27. The molecule has 2 amide bonds. The van der Waals surface area contributed by atoms with Gasteiger partial charge in [-0.25, -0.2) is 0 Å². The van der Waals surface area contributed by atoms with E-state index in [1.54, 1.807) is 11.3 Å². The molecule has 1 fully saturated rings. The van der Waals surface area contributed by atoms with Crippen molar-refractivity contribution in [2.75, 3.05) is 24.6 Å². The molecule has 0 saturated carbocycles. The Balaban J connectivity index is 1.65. The van der Waals surface area contributed by atoms with Crippen LogP contribution in [0.4, 0.5) is 5.69 Å². The summed E-state index contributed by atoms with van der Waals surface area (Å²) in [6.45, 7) is 0.296. The Labute approximate surface area is 171 Å². The van der Waals surface area contributed by atoms with E-state index >= 15 is 0 Å². The third kappa shape index (κ3) is 4.84. The number of rotatable bonds is 7. The first-order chi connectivity index (χ1) is 13.1. The van der Waals surface area contributed by atoms with E-state index in [4.69, 9.17) is 12.2 Å². The zero-order valence-electron chi connectivity index (χ0n) is 14.4. The van der Waals surface area contributed by atoms with E-state index in [-0.39, 0.29) is 37.9 Å². The number of thiocarbonyl (C=S) groups is 1. The van der Waals surface area contributed by atoms with E-state index in [0.717, 1.165) is 10.6 Å². The van der Waals surface area contributed by atoms with Gasteiger partial charge in [0.25, 0.3) is 5.91 Å². The number of para-hydroxylation sites is 1. The second-order valence-corrected chi connectivity index (χ2v) is 8.36. The molecule has 1 aliphatic heterocycles. The molecule has 0 radical (unpaired) electrons. The fourth-order valence-corrected chi connectivity index (χ4v) is 4.67. The summed E-state index contributed by atoms with van der Waals surface area (Å²) in [5.41, 5.74) is 0.722. The summed E-state index contributed by atoms with van der Waals surface area (Å²) in [7, 11) is 0. The molecule has 1 aromatic heterocycles. The summed E-state index contributed by atoms with van der Waals surface area (Å²) < 4.78 is 0.462. The zero-order chi connectivity index (χ0) is 19.2. The number of carbonyl (C=O) groups excluding carboxylic acids is 2. The molecule has 1 N–H and O–H groups in total. The van der Waals surface area contributed by atoms with Gasteiger partial charge in [0.15, 0.2) is 0 Å². The lowest BCUT2D eigenvalue weighted by atomic mass is 10.2. The maximum absolute atomic E-state index is 12.7. The average molecular weight is 419 g/mol. The highest BCUT2D eigenvalue weighted by Gasteiger charge is 2.32. The third-order valence-electron chi connectivity index (χ3n) is 3.93. The lowest BCUT2D eigenvalue weighted by Gasteiger charge is -2.23.